The lowest BCUT2D eigenvalue weighted by molar-refractivity contribution is 0.115. The average molecular weight is 342 g/mol. The minimum atomic E-state index is -0.452. The Morgan fingerprint density at radius 1 is 1.08 bits per heavy atom. The van der Waals surface area contributed by atoms with Crippen LogP contribution in [0.15, 0.2) is 48.8 Å². The van der Waals surface area contributed by atoms with E-state index in [0.29, 0.717) is 12.6 Å². The van der Waals surface area contributed by atoms with E-state index in [2.05, 4.69) is 22.1 Å². The van der Waals surface area contributed by atoms with Crippen LogP contribution in [0.4, 0.5) is 0 Å². The first-order valence-electron chi connectivity index (χ1n) is 8.62. The molecule has 0 aliphatic rings. The van der Waals surface area contributed by atoms with E-state index in [-0.39, 0.29) is 0 Å². The van der Waals surface area contributed by atoms with E-state index in [1.54, 1.807) is 18.5 Å². The molecule has 1 N–H and O–H groups in total. The molecule has 0 bridgehead atoms. The van der Waals surface area contributed by atoms with E-state index < -0.39 is 6.10 Å². The van der Waals surface area contributed by atoms with Gasteiger partial charge in [-0.3, -0.25) is 0 Å². The summed E-state index contributed by atoms with van der Waals surface area (Å²) in [5.41, 5.74) is 2.04. The molecule has 1 atom stereocenters. The van der Waals surface area contributed by atoms with Crippen molar-refractivity contribution in [3.63, 3.8) is 0 Å². The molecule has 5 nitrogen and oxygen atoms in total. The summed E-state index contributed by atoms with van der Waals surface area (Å²) in [4.78, 5) is 8.04. The summed E-state index contributed by atoms with van der Waals surface area (Å²) in [6, 6.07) is 10.5. The molecular formula is C20H26N2O3. The van der Waals surface area contributed by atoms with Crippen LogP contribution in [0.25, 0.3) is 6.08 Å². The van der Waals surface area contributed by atoms with Crippen molar-refractivity contribution in [3.05, 3.63) is 59.9 Å². The number of hydrogen-bond donors (Lipinski definition) is 1. The van der Waals surface area contributed by atoms with Gasteiger partial charge in [0.25, 0.3) is 0 Å². The van der Waals surface area contributed by atoms with Gasteiger partial charge in [-0.15, -0.1) is 0 Å². The number of nitrogens with zero attached hydrogens (tertiary/aromatic N) is 2. The zero-order valence-electron chi connectivity index (χ0n) is 14.7. The molecule has 0 aliphatic carbocycles. The van der Waals surface area contributed by atoms with Gasteiger partial charge in [0.1, 0.15) is 0 Å². The van der Waals surface area contributed by atoms with Gasteiger partial charge in [-0.1, -0.05) is 55.3 Å². The predicted molar refractivity (Wildman–Crippen MR) is 98.2 cm³/mol. The minimum absolute atomic E-state index is 0.340. The molecule has 2 aromatic rings. The molecule has 2 rings (SSSR count). The average Bonchev–Trinajstić information content (AvgIpc) is 2.67. The third-order valence-electron chi connectivity index (χ3n) is 3.74. The number of hydrogen-bond acceptors (Lipinski definition) is 5. The maximum atomic E-state index is 9.98. The highest BCUT2D eigenvalue weighted by atomic mass is 16.5. The molecule has 1 aromatic heterocycles. The molecule has 134 valence electrons. The molecule has 1 aromatic carbocycles. The fourth-order valence-corrected chi connectivity index (χ4v) is 2.33. The lowest BCUT2D eigenvalue weighted by atomic mass is 10.1. The Balaban J connectivity index is 1.52. The molecule has 0 spiro atoms. The number of methoxy groups -OCH3 is 1. The van der Waals surface area contributed by atoms with Crippen molar-refractivity contribution in [1.82, 2.24) is 9.97 Å². The Hall–Kier alpha value is -2.24. The highest BCUT2D eigenvalue weighted by Gasteiger charge is 2.00. The highest BCUT2D eigenvalue weighted by Crippen LogP contribution is 2.09. The van der Waals surface area contributed by atoms with Crippen molar-refractivity contribution in [2.45, 2.75) is 38.4 Å². The molecule has 0 saturated heterocycles. The fourth-order valence-electron chi connectivity index (χ4n) is 2.33. The van der Waals surface area contributed by atoms with Crippen LogP contribution in [0.2, 0.25) is 0 Å². The van der Waals surface area contributed by atoms with Gasteiger partial charge in [0.15, 0.2) is 0 Å². The number of benzene rings is 1. The molecule has 0 radical (unpaired) electrons. The lowest BCUT2D eigenvalue weighted by Gasteiger charge is -2.06. The normalized spacial score (nSPS) is 12.4. The van der Waals surface area contributed by atoms with Gasteiger partial charge in [0.05, 0.1) is 19.8 Å². The summed E-state index contributed by atoms with van der Waals surface area (Å²) in [5.74, 6) is 0. The van der Waals surface area contributed by atoms with Crippen LogP contribution in [0, 0.1) is 0 Å². The van der Waals surface area contributed by atoms with Gasteiger partial charge in [-0.25, -0.2) is 9.97 Å². The Morgan fingerprint density at radius 2 is 1.84 bits per heavy atom. The summed E-state index contributed by atoms with van der Waals surface area (Å²) < 4.78 is 10.6. The first-order chi connectivity index (χ1) is 12.3. The second-order valence-corrected chi connectivity index (χ2v) is 5.82. The molecule has 25 heavy (non-hydrogen) atoms. The largest absolute Gasteiger partial charge is 0.467 e. The highest BCUT2D eigenvalue weighted by molar-refractivity contribution is 5.47. The van der Waals surface area contributed by atoms with Crippen molar-refractivity contribution in [3.8, 4) is 6.01 Å². The summed E-state index contributed by atoms with van der Waals surface area (Å²) in [7, 11) is 1.53. The van der Waals surface area contributed by atoms with Gasteiger partial charge < -0.3 is 14.6 Å². The predicted octanol–water partition coefficient (Wildman–Crippen LogP) is 3.64. The van der Waals surface area contributed by atoms with Gasteiger partial charge in [-0.05, 0) is 18.4 Å². The number of ether oxygens (including phenoxy) is 2. The van der Waals surface area contributed by atoms with Crippen LogP contribution >= 0.6 is 0 Å². The zero-order valence-corrected chi connectivity index (χ0v) is 14.7. The monoisotopic (exact) mass is 342 g/mol. The Bertz CT molecular complexity index is 615. The van der Waals surface area contributed by atoms with E-state index in [1.807, 2.05) is 24.3 Å². The molecule has 0 amide bonds. The van der Waals surface area contributed by atoms with Crippen molar-refractivity contribution in [2.24, 2.45) is 0 Å². The summed E-state index contributed by atoms with van der Waals surface area (Å²) >= 11 is 0. The molecule has 1 heterocycles. The molecule has 0 fully saturated rings. The van der Waals surface area contributed by atoms with Crippen LogP contribution in [0.1, 0.15) is 36.8 Å². The van der Waals surface area contributed by atoms with Crippen LogP contribution in [-0.2, 0) is 11.3 Å². The van der Waals surface area contributed by atoms with Crippen LogP contribution < -0.4 is 4.74 Å². The number of aromatic nitrogens is 2. The van der Waals surface area contributed by atoms with Gasteiger partial charge in [-0.2, -0.15) is 0 Å². The van der Waals surface area contributed by atoms with Crippen molar-refractivity contribution in [2.75, 3.05) is 13.7 Å². The number of unbranched alkanes of at least 4 members (excludes halogenated alkanes) is 2. The first-order valence-corrected chi connectivity index (χ1v) is 8.62. The molecule has 5 heteroatoms. The Kier molecular flexibility index (Phi) is 8.66. The van der Waals surface area contributed by atoms with Gasteiger partial charge >= 0.3 is 6.01 Å². The Labute approximate surface area is 149 Å². The maximum Gasteiger partial charge on any atom is 0.316 e. The van der Waals surface area contributed by atoms with Crippen LogP contribution in [-0.4, -0.2) is 34.9 Å². The third kappa shape index (κ3) is 7.92. The van der Waals surface area contributed by atoms with E-state index in [0.717, 1.165) is 37.9 Å². The lowest BCUT2D eigenvalue weighted by Crippen LogP contribution is -2.02. The number of aliphatic hydroxyl groups excluding tert-OH is 1. The van der Waals surface area contributed by atoms with E-state index >= 15 is 0 Å². The van der Waals surface area contributed by atoms with E-state index in [4.69, 9.17) is 9.47 Å². The summed E-state index contributed by atoms with van der Waals surface area (Å²) in [6.07, 6.45) is 10.3. The standard InChI is InChI=1S/C20H26N2O3/c1-24-20-21-14-18(15-22-20)11-12-19(23)10-6-3-7-13-25-16-17-8-4-2-5-9-17/h2,4-5,8-9,11-12,14-15,19,23H,3,6-7,10,13,16H2,1H3/b12-11+/t19-/m1/s1. The topological polar surface area (TPSA) is 64.5 Å². The third-order valence-corrected chi connectivity index (χ3v) is 3.74. The number of aliphatic hydroxyl groups is 1. The zero-order chi connectivity index (χ0) is 17.7. The number of rotatable bonds is 11. The molecular weight excluding hydrogens is 316 g/mol. The maximum absolute atomic E-state index is 9.98. The van der Waals surface area contributed by atoms with Crippen molar-refractivity contribution >= 4 is 6.08 Å². The van der Waals surface area contributed by atoms with Crippen LogP contribution in [0.5, 0.6) is 6.01 Å². The first kappa shape index (κ1) is 19.1. The van der Waals surface area contributed by atoms with Crippen molar-refractivity contribution < 1.29 is 14.6 Å². The van der Waals surface area contributed by atoms with Gasteiger partial charge in [0.2, 0.25) is 0 Å². The SMILES string of the molecule is COc1ncc(/C=C/[C@H](O)CCCCCOCc2ccccc2)cn1. The van der Waals surface area contributed by atoms with Crippen LogP contribution in [0.3, 0.4) is 0 Å². The quantitative estimate of drug-likeness (QED) is 0.632. The molecule has 0 saturated carbocycles. The van der Waals surface area contributed by atoms with Gasteiger partial charge in [0, 0.05) is 24.6 Å². The van der Waals surface area contributed by atoms with E-state index in [1.165, 1.54) is 12.7 Å². The summed E-state index contributed by atoms with van der Waals surface area (Å²) in [5, 5.41) is 9.98. The summed E-state index contributed by atoms with van der Waals surface area (Å²) in [6.45, 7) is 1.42. The fraction of sp³-hybridized carbons (Fsp3) is 0.400. The smallest absolute Gasteiger partial charge is 0.316 e. The molecule has 0 aliphatic heterocycles. The second-order valence-electron chi connectivity index (χ2n) is 5.82. The second kappa shape index (κ2) is 11.3. The van der Waals surface area contributed by atoms with Crippen molar-refractivity contribution in [1.29, 1.82) is 0 Å². The minimum Gasteiger partial charge on any atom is -0.467 e. The van der Waals surface area contributed by atoms with E-state index in [9.17, 15) is 5.11 Å². The molecule has 0 unspecified atom stereocenters. The Morgan fingerprint density at radius 3 is 2.56 bits per heavy atom.